The first-order chi connectivity index (χ1) is 10.3. The molecule has 1 N–H and O–H groups in total. The fourth-order valence-electron chi connectivity index (χ4n) is 1.65. The fraction of sp³-hybridized carbons (Fsp3) is 0.333. The molecule has 0 aliphatic heterocycles. The van der Waals surface area contributed by atoms with E-state index in [1.54, 1.807) is 17.8 Å². The lowest BCUT2D eigenvalue weighted by Gasteiger charge is -2.06. The minimum absolute atomic E-state index is 0.0943. The van der Waals surface area contributed by atoms with Gasteiger partial charge in [-0.15, -0.1) is 0 Å². The van der Waals surface area contributed by atoms with E-state index < -0.39 is 0 Å². The number of aromatic amines is 1. The standard InChI is InChI=1S/C15H18N2O2S2/c1-2-20-11-12-10-14(18)17-15(16-12)21-9-8-19-13-6-4-3-5-7-13/h3-7,10H,2,8-9,11H2,1H3,(H,16,17,18). The van der Waals surface area contributed by atoms with Gasteiger partial charge in [0.05, 0.1) is 12.3 Å². The Morgan fingerprint density at radius 2 is 2.10 bits per heavy atom. The maximum absolute atomic E-state index is 11.6. The topological polar surface area (TPSA) is 55.0 Å². The summed E-state index contributed by atoms with van der Waals surface area (Å²) in [6.45, 7) is 2.67. The van der Waals surface area contributed by atoms with Gasteiger partial charge in [-0.1, -0.05) is 36.9 Å². The van der Waals surface area contributed by atoms with E-state index in [-0.39, 0.29) is 5.56 Å². The summed E-state index contributed by atoms with van der Waals surface area (Å²) in [6, 6.07) is 11.2. The monoisotopic (exact) mass is 322 g/mol. The predicted octanol–water partition coefficient (Wildman–Crippen LogP) is 3.19. The summed E-state index contributed by atoms with van der Waals surface area (Å²) in [5.41, 5.74) is 0.736. The largest absolute Gasteiger partial charge is 0.493 e. The molecule has 0 unspecified atom stereocenters. The Balaban J connectivity index is 1.82. The van der Waals surface area contributed by atoms with E-state index in [0.717, 1.165) is 28.7 Å². The van der Waals surface area contributed by atoms with Gasteiger partial charge < -0.3 is 9.72 Å². The highest BCUT2D eigenvalue weighted by atomic mass is 32.2. The first kappa shape index (κ1) is 16.0. The van der Waals surface area contributed by atoms with Crippen molar-refractivity contribution in [2.75, 3.05) is 18.1 Å². The number of hydrogen-bond acceptors (Lipinski definition) is 5. The number of thioether (sulfide) groups is 2. The number of nitrogens with one attached hydrogen (secondary N) is 1. The van der Waals surface area contributed by atoms with Crippen LogP contribution in [0.25, 0.3) is 0 Å². The maximum Gasteiger partial charge on any atom is 0.251 e. The van der Waals surface area contributed by atoms with Gasteiger partial charge in [0.1, 0.15) is 5.75 Å². The molecule has 112 valence electrons. The molecule has 1 heterocycles. The van der Waals surface area contributed by atoms with Crippen LogP contribution in [-0.4, -0.2) is 28.1 Å². The van der Waals surface area contributed by atoms with Gasteiger partial charge in [0, 0.05) is 17.6 Å². The van der Waals surface area contributed by atoms with Crippen LogP contribution in [0.1, 0.15) is 12.6 Å². The summed E-state index contributed by atoms with van der Waals surface area (Å²) < 4.78 is 5.61. The van der Waals surface area contributed by atoms with Gasteiger partial charge in [-0.3, -0.25) is 4.79 Å². The summed E-state index contributed by atoms with van der Waals surface area (Å²) in [4.78, 5) is 18.8. The molecule has 0 radical (unpaired) electrons. The van der Waals surface area contributed by atoms with Crippen molar-refractivity contribution < 1.29 is 4.74 Å². The van der Waals surface area contributed by atoms with Crippen molar-refractivity contribution in [1.29, 1.82) is 0 Å². The zero-order valence-corrected chi connectivity index (χ0v) is 13.5. The van der Waals surface area contributed by atoms with Crippen molar-refractivity contribution in [3.05, 3.63) is 52.4 Å². The fourth-order valence-corrected chi connectivity index (χ4v) is 2.92. The zero-order valence-electron chi connectivity index (χ0n) is 11.9. The summed E-state index contributed by atoms with van der Waals surface area (Å²) in [5, 5.41) is 0.658. The first-order valence-corrected chi connectivity index (χ1v) is 8.90. The Kier molecular flexibility index (Phi) is 6.69. The number of aromatic nitrogens is 2. The second kappa shape index (κ2) is 8.79. The van der Waals surface area contributed by atoms with Crippen LogP contribution in [-0.2, 0) is 5.75 Å². The minimum atomic E-state index is -0.0943. The summed E-state index contributed by atoms with van der Waals surface area (Å²) >= 11 is 3.26. The molecule has 0 amide bonds. The van der Waals surface area contributed by atoms with Crippen LogP contribution < -0.4 is 10.3 Å². The van der Waals surface area contributed by atoms with E-state index in [1.807, 2.05) is 30.3 Å². The lowest BCUT2D eigenvalue weighted by Crippen LogP contribution is -2.10. The predicted molar refractivity (Wildman–Crippen MR) is 89.4 cm³/mol. The van der Waals surface area contributed by atoms with Crippen molar-refractivity contribution in [3.63, 3.8) is 0 Å². The van der Waals surface area contributed by atoms with Gasteiger partial charge in [0.2, 0.25) is 0 Å². The molecule has 0 bridgehead atoms. The number of H-pyrrole nitrogens is 1. The number of para-hydroxylation sites is 1. The third kappa shape index (κ3) is 5.85. The number of benzene rings is 1. The average Bonchev–Trinajstić information content (AvgIpc) is 2.50. The molecule has 0 atom stereocenters. The highest BCUT2D eigenvalue weighted by Crippen LogP contribution is 2.15. The first-order valence-electron chi connectivity index (χ1n) is 6.76. The normalized spacial score (nSPS) is 10.5. The molecule has 0 saturated carbocycles. The third-order valence-corrected chi connectivity index (χ3v) is 4.31. The van der Waals surface area contributed by atoms with Gasteiger partial charge in [-0.25, -0.2) is 4.98 Å². The molecule has 0 fully saturated rings. The van der Waals surface area contributed by atoms with Gasteiger partial charge in [-0.05, 0) is 17.9 Å². The van der Waals surface area contributed by atoms with E-state index in [4.69, 9.17) is 4.74 Å². The van der Waals surface area contributed by atoms with Gasteiger partial charge in [0.25, 0.3) is 5.56 Å². The Morgan fingerprint density at radius 3 is 2.86 bits per heavy atom. The number of hydrogen-bond donors (Lipinski definition) is 1. The molecular weight excluding hydrogens is 304 g/mol. The quantitative estimate of drug-likeness (QED) is 0.459. The molecular formula is C15H18N2O2S2. The SMILES string of the molecule is CCSCc1cc(=O)[nH]c(SCCOc2ccccc2)n1. The molecule has 21 heavy (non-hydrogen) atoms. The Hall–Kier alpha value is -1.40. The number of ether oxygens (including phenoxy) is 1. The molecule has 0 saturated heterocycles. The van der Waals surface area contributed by atoms with Gasteiger partial charge in [0.15, 0.2) is 5.16 Å². The van der Waals surface area contributed by atoms with Crippen molar-refractivity contribution in [1.82, 2.24) is 9.97 Å². The highest BCUT2D eigenvalue weighted by molar-refractivity contribution is 7.99. The average molecular weight is 322 g/mol. The lowest BCUT2D eigenvalue weighted by atomic mass is 10.3. The lowest BCUT2D eigenvalue weighted by molar-refractivity contribution is 0.344. The van der Waals surface area contributed by atoms with E-state index in [0.29, 0.717) is 11.8 Å². The van der Waals surface area contributed by atoms with Gasteiger partial charge >= 0.3 is 0 Å². The van der Waals surface area contributed by atoms with Gasteiger partial charge in [-0.2, -0.15) is 11.8 Å². The second-order valence-corrected chi connectivity index (χ2v) is 6.55. The summed E-state index contributed by atoms with van der Waals surface area (Å²) in [6.07, 6.45) is 0. The maximum atomic E-state index is 11.6. The van der Waals surface area contributed by atoms with Crippen LogP contribution in [0, 0.1) is 0 Å². The molecule has 1 aromatic heterocycles. The van der Waals surface area contributed by atoms with Crippen molar-refractivity contribution in [2.24, 2.45) is 0 Å². The molecule has 1 aromatic carbocycles. The Labute approximate surface area is 132 Å². The minimum Gasteiger partial charge on any atom is -0.493 e. The van der Waals surface area contributed by atoms with Crippen LogP contribution in [0.2, 0.25) is 0 Å². The molecule has 2 rings (SSSR count). The van der Waals surface area contributed by atoms with Crippen LogP contribution in [0.15, 0.2) is 46.3 Å². The van der Waals surface area contributed by atoms with E-state index >= 15 is 0 Å². The molecule has 2 aromatic rings. The Bertz CT molecular complexity index is 602. The van der Waals surface area contributed by atoms with Crippen LogP contribution in [0.4, 0.5) is 0 Å². The molecule has 6 heteroatoms. The molecule has 0 spiro atoms. The molecule has 0 aliphatic rings. The number of rotatable bonds is 8. The smallest absolute Gasteiger partial charge is 0.251 e. The van der Waals surface area contributed by atoms with Crippen LogP contribution in [0.3, 0.4) is 0 Å². The van der Waals surface area contributed by atoms with Crippen LogP contribution >= 0.6 is 23.5 Å². The second-order valence-electron chi connectivity index (χ2n) is 4.19. The van der Waals surface area contributed by atoms with E-state index in [9.17, 15) is 4.79 Å². The molecule has 0 aliphatic carbocycles. The zero-order chi connectivity index (χ0) is 14.9. The van der Waals surface area contributed by atoms with Crippen molar-refractivity contribution in [2.45, 2.75) is 17.8 Å². The van der Waals surface area contributed by atoms with E-state index in [1.165, 1.54) is 11.8 Å². The van der Waals surface area contributed by atoms with Crippen LogP contribution in [0.5, 0.6) is 5.75 Å². The van der Waals surface area contributed by atoms with Crippen molar-refractivity contribution >= 4 is 23.5 Å². The molecule has 4 nitrogen and oxygen atoms in total. The third-order valence-electron chi connectivity index (χ3n) is 2.56. The Morgan fingerprint density at radius 1 is 1.29 bits per heavy atom. The van der Waals surface area contributed by atoms with Crippen molar-refractivity contribution in [3.8, 4) is 5.75 Å². The summed E-state index contributed by atoms with van der Waals surface area (Å²) in [5.74, 6) is 3.38. The number of nitrogens with zero attached hydrogens (tertiary/aromatic N) is 1. The summed E-state index contributed by atoms with van der Waals surface area (Å²) in [7, 11) is 0. The van der Waals surface area contributed by atoms with E-state index in [2.05, 4.69) is 16.9 Å². The highest BCUT2D eigenvalue weighted by Gasteiger charge is 2.02.